The lowest BCUT2D eigenvalue weighted by Crippen LogP contribution is -2.23. The van der Waals surface area contributed by atoms with Crippen molar-refractivity contribution >= 4 is 29.1 Å². The number of alkyl halides is 3. The number of nitrogens with one attached hydrogen (secondary N) is 1. The molecule has 0 saturated heterocycles. The summed E-state index contributed by atoms with van der Waals surface area (Å²) < 4.78 is 37.8. The molecule has 0 spiro atoms. The van der Waals surface area contributed by atoms with Gasteiger partial charge in [-0.1, -0.05) is 35.3 Å². The Bertz CT molecular complexity index is 701. The maximum atomic E-state index is 12.6. The van der Waals surface area contributed by atoms with Crippen LogP contribution in [0.15, 0.2) is 42.5 Å². The van der Waals surface area contributed by atoms with Gasteiger partial charge in [0, 0.05) is 22.2 Å². The van der Waals surface area contributed by atoms with Crippen molar-refractivity contribution in [3.05, 3.63) is 69.2 Å². The van der Waals surface area contributed by atoms with Gasteiger partial charge in [0.15, 0.2) is 0 Å². The molecular weight excluding hydrogens is 338 g/mol. The number of amides is 1. The van der Waals surface area contributed by atoms with Crippen molar-refractivity contribution in [3.63, 3.8) is 0 Å². The smallest absolute Gasteiger partial charge is 0.348 e. The highest BCUT2D eigenvalue weighted by atomic mass is 35.5. The predicted octanol–water partition coefficient (Wildman–Crippen LogP) is 4.94. The average molecular weight is 348 g/mol. The number of benzene rings is 2. The monoisotopic (exact) mass is 347 g/mol. The van der Waals surface area contributed by atoms with E-state index >= 15 is 0 Å². The fraction of sp³-hybridized carbons (Fsp3) is 0.133. The van der Waals surface area contributed by atoms with Crippen LogP contribution in [0.4, 0.5) is 13.2 Å². The number of hydrogen-bond donors (Lipinski definition) is 1. The summed E-state index contributed by atoms with van der Waals surface area (Å²) >= 11 is 11.7. The molecule has 2 aromatic carbocycles. The Morgan fingerprint density at radius 3 is 2.45 bits per heavy atom. The third-order valence-electron chi connectivity index (χ3n) is 2.91. The van der Waals surface area contributed by atoms with Crippen LogP contribution >= 0.6 is 23.2 Å². The molecule has 0 radical (unpaired) electrons. The Labute approximate surface area is 134 Å². The van der Waals surface area contributed by atoms with Gasteiger partial charge in [-0.25, -0.2) is 0 Å². The number of hydrogen-bond acceptors (Lipinski definition) is 1. The molecule has 0 unspecified atom stereocenters. The fourth-order valence-corrected chi connectivity index (χ4v) is 2.25. The summed E-state index contributed by atoms with van der Waals surface area (Å²) in [6.45, 7) is 0.0884. The van der Waals surface area contributed by atoms with Crippen molar-refractivity contribution in [2.24, 2.45) is 0 Å². The maximum absolute atomic E-state index is 12.6. The first-order chi connectivity index (χ1) is 10.3. The summed E-state index contributed by atoms with van der Waals surface area (Å²) in [5, 5.41) is 3.35. The Kier molecular flexibility index (Phi) is 4.98. The zero-order valence-electron chi connectivity index (χ0n) is 11.0. The van der Waals surface area contributed by atoms with Crippen LogP contribution in [0.25, 0.3) is 0 Å². The van der Waals surface area contributed by atoms with Crippen LogP contribution in [-0.2, 0) is 12.7 Å². The Morgan fingerprint density at radius 2 is 1.82 bits per heavy atom. The molecule has 0 aliphatic heterocycles. The van der Waals surface area contributed by atoms with E-state index in [0.717, 1.165) is 12.1 Å². The molecule has 0 fully saturated rings. The molecule has 2 rings (SSSR count). The lowest BCUT2D eigenvalue weighted by atomic mass is 10.1. The van der Waals surface area contributed by atoms with E-state index in [1.165, 1.54) is 18.2 Å². The molecule has 2 nitrogen and oxygen atoms in total. The van der Waals surface area contributed by atoms with Crippen LogP contribution in [0, 0.1) is 0 Å². The second-order valence-corrected chi connectivity index (χ2v) is 5.34. The average Bonchev–Trinajstić information content (AvgIpc) is 2.45. The molecule has 0 saturated carbocycles. The SMILES string of the molecule is O=C(NCc1ccc(Cl)cc1Cl)c1cccc(C(F)(F)F)c1. The van der Waals surface area contributed by atoms with Crippen LogP contribution in [0.3, 0.4) is 0 Å². The predicted molar refractivity (Wildman–Crippen MR) is 79.1 cm³/mol. The first kappa shape index (κ1) is 16.6. The summed E-state index contributed by atoms with van der Waals surface area (Å²) in [6, 6.07) is 8.98. The van der Waals surface area contributed by atoms with Gasteiger partial charge in [-0.2, -0.15) is 13.2 Å². The molecule has 0 atom stereocenters. The van der Waals surface area contributed by atoms with E-state index < -0.39 is 17.6 Å². The third-order valence-corrected chi connectivity index (χ3v) is 3.49. The van der Waals surface area contributed by atoms with Crippen molar-refractivity contribution in [3.8, 4) is 0 Å². The Hall–Kier alpha value is -1.72. The molecule has 1 N–H and O–H groups in total. The Morgan fingerprint density at radius 1 is 1.09 bits per heavy atom. The van der Waals surface area contributed by atoms with Gasteiger partial charge >= 0.3 is 6.18 Å². The minimum absolute atomic E-state index is 0.0695. The first-order valence-electron chi connectivity index (χ1n) is 6.17. The topological polar surface area (TPSA) is 29.1 Å². The van der Waals surface area contributed by atoms with Gasteiger partial charge in [0.1, 0.15) is 0 Å². The normalized spacial score (nSPS) is 11.3. The van der Waals surface area contributed by atoms with Gasteiger partial charge in [0.25, 0.3) is 5.91 Å². The lowest BCUT2D eigenvalue weighted by Gasteiger charge is -2.10. The highest BCUT2D eigenvalue weighted by molar-refractivity contribution is 6.35. The Balaban J connectivity index is 2.09. The van der Waals surface area contributed by atoms with Gasteiger partial charge in [0.05, 0.1) is 5.56 Å². The molecular formula is C15H10Cl2F3NO. The molecule has 1 amide bonds. The largest absolute Gasteiger partial charge is 0.416 e. The summed E-state index contributed by atoms with van der Waals surface area (Å²) in [4.78, 5) is 11.9. The van der Waals surface area contributed by atoms with Gasteiger partial charge in [0.2, 0.25) is 0 Å². The van der Waals surface area contributed by atoms with Crippen molar-refractivity contribution in [2.75, 3.05) is 0 Å². The highest BCUT2D eigenvalue weighted by Crippen LogP contribution is 2.29. The minimum atomic E-state index is -4.49. The molecule has 0 aromatic heterocycles. The van der Waals surface area contributed by atoms with Crippen LogP contribution in [-0.4, -0.2) is 5.91 Å². The van der Waals surface area contributed by atoms with Gasteiger partial charge < -0.3 is 5.32 Å². The van der Waals surface area contributed by atoms with E-state index in [-0.39, 0.29) is 12.1 Å². The molecule has 0 aliphatic rings. The van der Waals surface area contributed by atoms with Crippen molar-refractivity contribution in [1.29, 1.82) is 0 Å². The van der Waals surface area contributed by atoms with Crippen LogP contribution < -0.4 is 5.32 Å². The second kappa shape index (κ2) is 6.58. The quantitative estimate of drug-likeness (QED) is 0.836. The van der Waals surface area contributed by atoms with E-state index in [1.807, 2.05) is 0 Å². The van der Waals surface area contributed by atoms with E-state index in [9.17, 15) is 18.0 Å². The lowest BCUT2D eigenvalue weighted by molar-refractivity contribution is -0.137. The van der Waals surface area contributed by atoms with Crippen LogP contribution in [0.5, 0.6) is 0 Å². The standard InChI is InChI=1S/C15H10Cl2F3NO/c16-12-5-4-10(13(17)7-12)8-21-14(22)9-2-1-3-11(6-9)15(18,19)20/h1-7H,8H2,(H,21,22). The maximum Gasteiger partial charge on any atom is 0.416 e. The van der Waals surface area contributed by atoms with E-state index in [0.29, 0.717) is 15.6 Å². The highest BCUT2D eigenvalue weighted by Gasteiger charge is 2.30. The summed E-state index contributed by atoms with van der Waals surface area (Å²) in [7, 11) is 0. The van der Waals surface area contributed by atoms with Gasteiger partial charge in [-0.05, 0) is 35.9 Å². The zero-order valence-corrected chi connectivity index (χ0v) is 12.6. The van der Waals surface area contributed by atoms with Crippen molar-refractivity contribution in [2.45, 2.75) is 12.7 Å². The van der Waals surface area contributed by atoms with Crippen LogP contribution in [0.2, 0.25) is 10.0 Å². The zero-order chi connectivity index (χ0) is 16.3. The minimum Gasteiger partial charge on any atom is -0.348 e. The molecule has 7 heteroatoms. The van der Waals surface area contributed by atoms with Gasteiger partial charge in [-0.15, -0.1) is 0 Å². The number of carbonyl (C=O) groups is 1. The number of carbonyl (C=O) groups excluding carboxylic acids is 1. The molecule has 0 bridgehead atoms. The van der Waals surface area contributed by atoms with Crippen molar-refractivity contribution in [1.82, 2.24) is 5.32 Å². The summed E-state index contributed by atoms with van der Waals surface area (Å²) in [5.41, 5.74) is -0.323. The van der Waals surface area contributed by atoms with Crippen LogP contribution in [0.1, 0.15) is 21.5 Å². The molecule has 22 heavy (non-hydrogen) atoms. The first-order valence-corrected chi connectivity index (χ1v) is 6.92. The van der Waals surface area contributed by atoms with Crippen molar-refractivity contribution < 1.29 is 18.0 Å². The summed E-state index contributed by atoms with van der Waals surface area (Å²) in [5.74, 6) is -0.614. The second-order valence-electron chi connectivity index (χ2n) is 4.50. The number of rotatable bonds is 3. The molecule has 0 heterocycles. The number of halogens is 5. The van der Waals surface area contributed by atoms with E-state index in [2.05, 4.69) is 5.32 Å². The molecule has 2 aromatic rings. The molecule has 0 aliphatic carbocycles. The van der Waals surface area contributed by atoms with E-state index in [4.69, 9.17) is 23.2 Å². The fourth-order valence-electron chi connectivity index (χ4n) is 1.78. The summed E-state index contributed by atoms with van der Waals surface area (Å²) in [6.07, 6.45) is -4.49. The van der Waals surface area contributed by atoms with Gasteiger partial charge in [-0.3, -0.25) is 4.79 Å². The molecule has 116 valence electrons. The van der Waals surface area contributed by atoms with E-state index in [1.54, 1.807) is 12.1 Å². The third kappa shape index (κ3) is 4.15.